The molecule has 0 aliphatic carbocycles. The molecule has 2 aliphatic rings. The van der Waals surface area contributed by atoms with Crippen LogP contribution in [0.2, 0.25) is 0 Å². The smallest absolute Gasteiger partial charge is 0.224 e. The summed E-state index contributed by atoms with van der Waals surface area (Å²) in [6.07, 6.45) is 5.86. The van der Waals surface area contributed by atoms with Crippen molar-refractivity contribution in [2.24, 2.45) is 0 Å². The number of likely N-dealkylation sites (N-methyl/N-ethyl adjacent to an activating group) is 1. The Labute approximate surface area is 231 Å². The van der Waals surface area contributed by atoms with E-state index in [0.717, 1.165) is 58.9 Å². The van der Waals surface area contributed by atoms with Crippen LogP contribution < -0.4 is 19.7 Å². The van der Waals surface area contributed by atoms with E-state index in [-0.39, 0.29) is 6.10 Å². The maximum absolute atomic E-state index is 6.33. The summed E-state index contributed by atoms with van der Waals surface area (Å²) in [5, 5.41) is 8.60. The Bertz CT molecular complexity index is 1720. The lowest BCUT2D eigenvalue weighted by Gasteiger charge is -2.48. The molecule has 0 unspecified atom stereocenters. The molecule has 1 N–H and O–H groups in total. The first-order valence-electron chi connectivity index (χ1n) is 13.6. The van der Waals surface area contributed by atoms with Crippen molar-refractivity contribution in [2.45, 2.75) is 45.4 Å². The lowest BCUT2D eigenvalue weighted by atomic mass is 9.94. The summed E-state index contributed by atoms with van der Waals surface area (Å²) in [5.41, 5.74) is 4.47. The van der Waals surface area contributed by atoms with Gasteiger partial charge in [-0.25, -0.2) is 24.5 Å². The Morgan fingerprint density at radius 1 is 0.975 bits per heavy atom. The summed E-state index contributed by atoms with van der Waals surface area (Å²) in [7, 11) is 2.21. The topological polar surface area (TPSA) is 106 Å². The van der Waals surface area contributed by atoms with Gasteiger partial charge in [-0.3, -0.25) is 4.90 Å². The highest BCUT2D eigenvalue weighted by molar-refractivity contribution is 6.04. The molecule has 5 aromatic rings. The number of aromatic nitrogens is 6. The summed E-state index contributed by atoms with van der Waals surface area (Å²) >= 11 is 0. The number of nitrogens with zero attached hydrogens (tertiary/aromatic N) is 8. The number of ether oxygens (including phenoxy) is 2. The predicted octanol–water partition coefficient (Wildman–Crippen LogP) is 4.59. The molecule has 0 amide bonds. The molecule has 11 heteroatoms. The summed E-state index contributed by atoms with van der Waals surface area (Å²) < 4.78 is 14.0. The van der Waals surface area contributed by atoms with Crippen LogP contribution in [0.15, 0.2) is 55.4 Å². The Hall–Kier alpha value is -4.51. The van der Waals surface area contributed by atoms with Crippen molar-refractivity contribution >= 4 is 33.7 Å². The Morgan fingerprint density at radius 3 is 2.67 bits per heavy atom. The van der Waals surface area contributed by atoms with Crippen molar-refractivity contribution < 1.29 is 9.47 Å². The molecule has 204 valence electrons. The number of fused-ring (bicyclic) bond motifs is 3. The van der Waals surface area contributed by atoms with Gasteiger partial charge in [-0.1, -0.05) is 0 Å². The Kier molecular flexibility index (Phi) is 5.88. The molecule has 0 spiro atoms. The average molecular weight is 538 g/mol. The molecular formula is C29H31N9O2. The van der Waals surface area contributed by atoms with Crippen LogP contribution in [0.1, 0.15) is 25.8 Å². The van der Waals surface area contributed by atoms with Crippen LogP contribution in [0, 0.1) is 6.92 Å². The van der Waals surface area contributed by atoms with Gasteiger partial charge in [0.05, 0.1) is 22.7 Å². The van der Waals surface area contributed by atoms with E-state index in [1.165, 1.54) is 6.33 Å². The second-order valence-electron chi connectivity index (χ2n) is 10.7. The minimum Gasteiger partial charge on any atom is -0.489 e. The monoisotopic (exact) mass is 537 g/mol. The summed E-state index contributed by atoms with van der Waals surface area (Å²) in [6.45, 7) is 8.19. The number of aryl methyl sites for hydroxylation is 1. The third-order valence-electron chi connectivity index (χ3n) is 7.76. The second-order valence-corrected chi connectivity index (χ2v) is 10.7. The summed E-state index contributed by atoms with van der Waals surface area (Å²) in [5.74, 6) is 2.78. The highest BCUT2D eigenvalue weighted by atomic mass is 16.5. The number of rotatable bonds is 7. The van der Waals surface area contributed by atoms with Crippen molar-refractivity contribution in [3.63, 3.8) is 0 Å². The quantitative estimate of drug-likeness (QED) is 0.317. The number of anilines is 3. The Morgan fingerprint density at radius 2 is 1.85 bits per heavy atom. The van der Waals surface area contributed by atoms with Crippen molar-refractivity contribution in [1.29, 1.82) is 0 Å². The number of nitrogens with one attached hydrogen (secondary N) is 1. The van der Waals surface area contributed by atoms with Gasteiger partial charge in [-0.05, 0) is 70.1 Å². The minimum absolute atomic E-state index is 0.0516. The van der Waals surface area contributed by atoms with E-state index in [1.54, 1.807) is 23.2 Å². The van der Waals surface area contributed by atoms with E-state index >= 15 is 0 Å². The number of benzene rings is 2. The average Bonchev–Trinajstić information content (AvgIpc) is 3.49. The molecule has 40 heavy (non-hydrogen) atoms. The van der Waals surface area contributed by atoms with Crippen LogP contribution in [-0.2, 0) is 0 Å². The van der Waals surface area contributed by atoms with Gasteiger partial charge < -0.3 is 19.7 Å². The van der Waals surface area contributed by atoms with E-state index in [2.05, 4.69) is 56.1 Å². The maximum Gasteiger partial charge on any atom is 0.224 e. The molecule has 11 nitrogen and oxygen atoms in total. The van der Waals surface area contributed by atoms with Gasteiger partial charge in [-0.2, -0.15) is 5.10 Å². The van der Waals surface area contributed by atoms with Crippen LogP contribution >= 0.6 is 0 Å². The van der Waals surface area contributed by atoms with E-state index < -0.39 is 0 Å². The first-order chi connectivity index (χ1) is 19.4. The molecule has 2 aliphatic heterocycles. The zero-order chi connectivity index (χ0) is 27.4. The molecule has 7 rings (SSSR count). The molecule has 2 saturated heterocycles. The highest BCUT2D eigenvalue weighted by Crippen LogP contribution is 2.46. The van der Waals surface area contributed by atoms with Gasteiger partial charge in [0.25, 0.3) is 0 Å². The molecule has 0 bridgehead atoms. The summed E-state index contributed by atoms with van der Waals surface area (Å²) in [4.78, 5) is 22.8. The van der Waals surface area contributed by atoms with Gasteiger partial charge in [0.1, 0.15) is 36.3 Å². The first-order valence-corrected chi connectivity index (χ1v) is 13.6. The number of hydrogen-bond acceptors (Lipinski definition) is 10. The lowest BCUT2D eigenvalue weighted by molar-refractivity contribution is 0.228. The molecular weight excluding hydrogens is 506 g/mol. The van der Waals surface area contributed by atoms with Gasteiger partial charge in [-0.15, -0.1) is 0 Å². The molecule has 2 aromatic carbocycles. The van der Waals surface area contributed by atoms with E-state index in [4.69, 9.17) is 14.5 Å². The maximum atomic E-state index is 6.33. The zero-order valence-electron chi connectivity index (χ0n) is 22.9. The highest BCUT2D eigenvalue weighted by Gasteiger charge is 2.47. The fourth-order valence-electron chi connectivity index (χ4n) is 5.77. The predicted molar refractivity (Wildman–Crippen MR) is 153 cm³/mol. The molecule has 5 heterocycles. The van der Waals surface area contributed by atoms with Crippen molar-refractivity contribution in [1.82, 2.24) is 34.4 Å². The van der Waals surface area contributed by atoms with Crippen molar-refractivity contribution in [2.75, 3.05) is 30.4 Å². The SMILES string of the molecule is Cc1cc(Nc2ncnc3ccc(OC(C)C)c(N4C[C@@H]5[C@H]4CCN5C)c23)ccc1Oc1cc2ncnn2cn1. The van der Waals surface area contributed by atoms with Crippen LogP contribution in [0.25, 0.3) is 16.6 Å². The molecule has 3 aromatic heterocycles. The van der Waals surface area contributed by atoms with Gasteiger partial charge in [0.15, 0.2) is 5.65 Å². The van der Waals surface area contributed by atoms with E-state index in [0.29, 0.717) is 29.4 Å². The molecule has 2 atom stereocenters. The van der Waals surface area contributed by atoms with E-state index in [1.807, 2.05) is 37.3 Å². The molecule has 2 fully saturated rings. The molecule has 0 saturated carbocycles. The van der Waals surface area contributed by atoms with Crippen LogP contribution in [0.4, 0.5) is 17.2 Å². The Balaban J connectivity index is 1.22. The first kappa shape index (κ1) is 24.5. The van der Waals surface area contributed by atoms with E-state index in [9.17, 15) is 0 Å². The van der Waals surface area contributed by atoms with Crippen LogP contribution in [0.5, 0.6) is 17.4 Å². The van der Waals surface area contributed by atoms with Gasteiger partial charge in [0, 0.05) is 36.9 Å². The third-order valence-corrected chi connectivity index (χ3v) is 7.76. The number of likely N-dealkylation sites (tertiary alicyclic amines) is 1. The zero-order valence-corrected chi connectivity index (χ0v) is 22.9. The fraction of sp³-hybridized carbons (Fsp3) is 0.345. The van der Waals surface area contributed by atoms with Gasteiger partial charge in [0.2, 0.25) is 5.88 Å². The van der Waals surface area contributed by atoms with Crippen LogP contribution in [0.3, 0.4) is 0 Å². The van der Waals surface area contributed by atoms with Crippen molar-refractivity contribution in [3.8, 4) is 17.4 Å². The normalized spacial score (nSPS) is 18.8. The minimum atomic E-state index is 0.0516. The molecule has 0 radical (unpaired) electrons. The fourth-order valence-corrected chi connectivity index (χ4v) is 5.77. The lowest BCUT2D eigenvalue weighted by Crippen LogP contribution is -2.61. The van der Waals surface area contributed by atoms with Crippen LogP contribution in [-0.4, -0.2) is 72.8 Å². The summed E-state index contributed by atoms with van der Waals surface area (Å²) in [6, 6.07) is 12.8. The van der Waals surface area contributed by atoms with Gasteiger partial charge >= 0.3 is 0 Å². The third kappa shape index (κ3) is 4.22. The largest absolute Gasteiger partial charge is 0.489 e. The standard InChI is InChI=1S/C29H31N9O2/c1-17(2)39-24-8-6-20-27(28(24)37-13-22-21(37)9-10-36(22)4)29(32-14-30-20)35-19-5-7-23(18(3)11-19)40-26-12-25-31-15-34-38(25)16-33-26/h5-8,11-12,14-17,21-22H,9-10,13H2,1-4H3,(H,30,32,35)/t21-,22-/m1/s1. The second kappa shape index (κ2) is 9.60. The number of hydrogen-bond donors (Lipinski definition) is 1. The van der Waals surface area contributed by atoms with Crippen molar-refractivity contribution in [3.05, 3.63) is 60.9 Å².